The van der Waals surface area contributed by atoms with E-state index in [1.807, 2.05) is 17.9 Å². The number of nitrogens with two attached hydrogens (primary N) is 1. The maximum atomic E-state index is 12.5. The Labute approximate surface area is 164 Å². The van der Waals surface area contributed by atoms with Gasteiger partial charge in [-0.2, -0.15) is 0 Å². The van der Waals surface area contributed by atoms with Crippen molar-refractivity contribution >= 4 is 17.5 Å². The van der Waals surface area contributed by atoms with Gasteiger partial charge in [0.25, 0.3) is 5.91 Å². The van der Waals surface area contributed by atoms with Gasteiger partial charge in [0, 0.05) is 24.7 Å². The number of pyridine rings is 1. The van der Waals surface area contributed by atoms with Crippen LogP contribution in [0, 0.1) is 0 Å². The number of anilines is 1. The smallest absolute Gasteiger partial charge is 0.404 e. The number of carbonyl (C=O) groups is 2. The lowest BCUT2D eigenvalue weighted by Gasteiger charge is -2.32. The first-order valence-electron chi connectivity index (χ1n) is 8.76. The van der Waals surface area contributed by atoms with E-state index >= 15 is 0 Å². The Hall–Kier alpha value is -3.14. The summed E-state index contributed by atoms with van der Waals surface area (Å²) in [5, 5.41) is 2.51. The van der Waals surface area contributed by atoms with Gasteiger partial charge in [-0.1, -0.05) is 13.0 Å². The van der Waals surface area contributed by atoms with Gasteiger partial charge in [0.1, 0.15) is 5.75 Å². The third kappa shape index (κ3) is 5.44. The molecule has 0 bridgehead atoms. The molecular weight excluding hydrogens is 389 g/mol. The van der Waals surface area contributed by atoms with Crippen molar-refractivity contribution in [3.05, 3.63) is 53.3 Å². The minimum absolute atomic E-state index is 0.0678. The summed E-state index contributed by atoms with van der Waals surface area (Å²) in [4.78, 5) is 29.3. The largest absolute Gasteiger partial charge is 0.573 e. The Balaban J connectivity index is 1.76. The second-order valence-corrected chi connectivity index (χ2v) is 6.86. The number of carbonyl (C=O) groups excluding carboxylic acids is 2. The number of rotatable bonds is 5. The number of nitrogens with zero attached hydrogens (tertiary/aromatic N) is 2. The average molecular weight is 408 g/mol. The first-order chi connectivity index (χ1) is 13.6. The van der Waals surface area contributed by atoms with Crippen molar-refractivity contribution in [3.8, 4) is 5.75 Å². The number of hydrogen-bond donors (Lipinski definition) is 2. The van der Waals surface area contributed by atoms with Crippen LogP contribution < -0.4 is 15.8 Å². The molecule has 154 valence electrons. The van der Waals surface area contributed by atoms with Gasteiger partial charge in [0.15, 0.2) is 0 Å². The van der Waals surface area contributed by atoms with Crippen molar-refractivity contribution in [2.45, 2.75) is 25.7 Å². The summed E-state index contributed by atoms with van der Waals surface area (Å²) >= 11 is 0. The zero-order valence-electron chi connectivity index (χ0n) is 15.5. The van der Waals surface area contributed by atoms with Gasteiger partial charge < -0.3 is 15.8 Å². The first-order valence-corrected chi connectivity index (χ1v) is 8.76. The van der Waals surface area contributed by atoms with Crippen LogP contribution in [0.25, 0.3) is 0 Å². The number of halogens is 3. The third-order valence-corrected chi connectivity index (χ3v) is 4.45. The van der Waals surface area contributed by atoms with Crippen LogP contribution >= 0.6 is 0 Å². The molecule has 0 unspecified atom stereocenters. The molecule has 1 atom stereocenters. The second-order valence-electron chi connectivity index (χ2n) is 6.86. The highest BCUT2D eigenvalue weighted by atomic mass is 19.4. The molecule has 0 fully saturated rings. The number of ether oxygens (including phenoxy) is 1. The van der Waals surface area contributed by atoms with Gasteiger partial charge in [-0.15, -0.1) is 13.2 Å². The van der Waals surface area contributed by atoms with E-state index in [0.29, 0.717) is 18.7 Å². The maximum Gasteiger partial charge on any atom is 0.573 e. The predicted octanol–water partition coefficient (Wildman–Crippen LogP) is 2.64. The minimum atomic E-state index is -4.85. The van der Waals surface area contributed by atoms with Gasteiger partial charge in [0.05, 0.1) is 24.6 Å². The summed E-state index contributed by atoms with van der Waals surface area (Å²) in [5.74, 6) is -1.30. The van der Waals surface area contributed by atoms with E-state index in [-0.39, 0.29) is 18.2 Å². The van der Waals surface area contributed by atoms with Gasteiger partial charge in [-0.05, 0) is 29.2 Å². The molecule has 0 saturated carbocycles. The Morgan fingerprint density at radius 2 is 2.07 bits per heavy atom. The van der Waals surface area contributed by atoms with E-state index in [9.17, 15) is 22.8 Å². The van der Waals surface area contributed by atoms with Crippen molar-refractivity contribution in [2.24, 2.45) is 5.73 Å². The van der Waals surface area contributed by atoms with E-state index < -0.39 is 23.9 Å². The molecule has 0 spiro atoms. The highest BCUT2D eigenvalue weighted by Crippen LogP contribution is 2.29. The molecule has 7 nitrogen and oxygen atoms in total. The van der Waals surface area contributed by atoms with Gasteiger partial charge in [-0.3, -0.25) is 19.5 Å². The van der Waals surface area contributed by atoms with Crippen LogP contribution in [0.2, 0.25) is 0 Å². The number of nitrogens with one attached hydrogen (secondary N) is 1. The van der Waals surface area contributed by atoms with E-state index in [0.717, 1.165) is 23.4 Å². The molecule has 0 aliphatic carbocycles. The van der Waals surface area contributed by atoms with E-state index in [4.69, 9.17) is 5.73 Å². The molecule has 3 N–H and O–H groups in total. The number of primary amides is 1. The molecule has 0 radical (unpaired) electrons. The predicted molar refractivity (Wildman–Crippen MR) is 98.2 cm³/mol. The van der Waals surface area contributed by atoms with Crippen LogP contribution in [-0.2, 0) is 11.3 Å². The molecule has 3 rings (SSSR count). The SMILES string of the molecule is C[C@H]1CN(CC(N)=O)Cc2cc(C(=O)Nc3cncc(OC(F)(F)F)c3)ccc21. The van der Waals surface area contributed by atoms with Gasteiger partial charge >= 0.3 is 6.36 Å². The molecular formula is C19H19F3N4O3. The lowest BCUT2D eigenvalue weighted by molar-refractivity contribution is -0.274. The topological polar surface area (TPSA) is 97.5 Å². The van der Waals surface area contributed by atoms with Crippen LogP contribution in [0.4, 0.5) is 18.9 Å². The van der Waals surface area contributed by atoms with Crippen molar-refractivity contribution in [1.82, 2.24) is 9.88 Å². The summed E-state index contributed by atoms with van der Waals surface area (Å²) in [5.41, 5.74) is 7.64. The van der Waals surface area contributed by atoms with Crippen molar-refractivity contribution in [1.29, 1.82) is 0 Å². The molecule has 0 saturated heterocycles. The molecule has 29 heavy (non-hydrogen) atoms. The van der Waals surface area contributed by atoms with Gasteiger partial charge in [-0.25, -0.2) is 0 Å². The summed E-state index contributed by atoms with van der Waals surface area (Å²) in [6.07, 6.45) is -2.73. The average Bonchev–Trinajstić information content (AvgIpc) is 2.59. The standard InChI is InChI=1S/C19H19F3N4O3/c1-11-8-26(10-17(23)27)9-13-4-12(2-3-16(11)13)18(28)25-14-5-15(7-24-6-14)29-19(20,21)22/h2-7,11H,8-10H2,1H3,(H2,23,27)(H,25,28)/t11-/m0/s1. The fourth-order valence-electron chi connectivity index (χ4n) is 3.38. The normalized spacial score (nSPS) is 16.8. The number of amides is 2. The fourth-order valence-corrected chi connectivity index (χ4v) is 3.38. The van der Waals surface area contributed by atoms with Crippen LogP contribution in [0.5, 0.6) is 5.75 Å². The zero-order valence-corrected chi connectivity index (χ0v) is 15.5. The van der Waals surface area contributed by atoms with Crippen LogP contribution in [-0.4, -0.2) is 41.2 Å². The molecule has 1 aliphatic rings. The van der Waals surface area contributed by atoms with Crippen LogP contribution in [0.15, 0.2) is 36.7 Å². The van der Waals surface area contributed by atoms with E-state index in [2.05, 4.69) is 15.0 Å². The number of benzene rings is 1. The first kappa shape index (κ1) is 20.6. The lowest BCUT2D eigenvalue weighted by Crippen LogP contribution is -2.38. The maximum absolute atomic E-state index is 12.5. The van der Waals surface area contributed by atoms with Crippen molar-refractivity contribution in [3.63, 3.8) is 0 Å². The zero-order chi connectivity index (χ0) is 21.2. The Kier molecular flexibility index (Phi) is 5.73. The number of hydrogen-bond acceptors (Lipinski definition) is 5. The Morgan fingerprint density at radius 3 is 2.76 bits per heavy atom. The van der Waals surface area contributed by atoms with Gasteiger partial charge in [0.2, 0.25) is 5.91 Å². The fraction of sp³-hybridized carbons (Fsp3) is 0.316. The molecule has 1 aliphatic heterocycles. The molecule has 1 aromatic carbocycles. The molecule has 2 aromatic rings. The minimum Gasteiger partial charge on any atom is -0.404 e. The summed E-state index contributed by atoms with van der Waals surface area (Å²) < 4.78 is 40.8. The highest BCUT2D eigenvalue weighted by Gasteiger charge is 2.31. The second kappa shape index (κ2) is 8.08. The molecule has 10 heteroatoms. The van der Waals surface area contributed by atoms with E-state index in [1.54, 1.807) is 12.1 Å². The molecule has 1 aromatic heterocycles. The van der Waals surface area contributed by atoms with Crippen molar-refractivity contribution < 1.29 is 27.5 Å². The molecule has 2 heterocycles. The quantitative estimate of drug-likeness (QED) is 0.793. The number of alkyl halides is 3. The van der Waals surface area contributed by atoms with Crippen LogP contribution in [0.1, 0.15) is 34.3 Å². The van der Waals surface area contributed by atoms with Crippen LogP contribution in [0.3, 0.4) is 0 Å². The van der Waals surface area contributed by atoms with E-state index in [1.165, 1.54) is 6.20 Å². The summed E-state index contributed by atoms with van der Waals surface area (Å²) in [6, 6.07) is 6.24. The van der Waals surface area contributed by atoms with Crippen molar-refractivity contribution in [2.75, 3.05) is 18.4 Å². The highest BCUT2D eigenvalue weighted by molar-refractivity contribution is 6.04. The summed E-state index contributed by atoms with van der Waals surface area (Å²) in [7, 11) is 0. The number of aromatic nitrogens is 1. The summed E-state index contributed by atoms with van der Waals surface area (Å²) in [6.45, 7) is 3.29. The lowest BCUT2D eigenvalue weighted by atomic mass is 9.89. The molecule has 2 amide bonds. The third-order valence-electron chi connectivity index (χ3n) is 4.45. The Bertz CT molecular complexity index is 933. The Morgan fingerprint density at radius 1 is 1.31 bits per heavy atom. The monoisotopic (exact) mass is 408 g/mol. The number of fused-ring (bicyclic) bond motifs is 1.